The first kappa shape index (κ1) is 13.0. The largest absolute Gasteiger partial charge is 0.399 e. The number of nitrogens with two attached hydrogens (primary N) is 1. The summed E-state index contributed by atoms with van der Waals surface area (Å²) in [5.74, 6) is 0.494. The monoisotopic (exact) mass is 194 g/mol. The molecule has 1 atom stereocenters. The normalized spacial score (nSPS) is 13.4. The molecule has 0 aliphatic rings. The van der Waals surface area contributed by atoms with Crippen molar-refractivity contribution in [1.82, 2.24) is 4.90 Å². The van der Waals surface area contributed by atoms with Gasteiger partial charge in [-0.05, 0) is 39.1 Å². The minimum atomic E-state index is 0.494. The molecule has 0 aromatic heterocycles. The van der Waals surface area contributed by atoms with E-state index in [2.05, 4.69) is 39.1 Å². The summed E-state index contributed by atoms with van der Waals surface area (Å²) in [6, 6.07) is 0. The van der Waals surface area contributed by atoms with Gasteiger partial charge in [-0.3, -0.25) is 0 Å². The van der Waals surface area contributed by atoms with Crippen molar-refractivity contribution in [3.05, 3.63) is 36.6 Å². The van der Waals surface area contributed by atoms with Crippen LogP contribution in [0, 0.1) is 5.92 Å². The molecule has 0 aliphatic carbocycles. The van der Waals surface area contributed by atoms with Gasteiger partial charge in [-0.25, -0.2) is 0 Å². The Kier molecular flexibility index (Phi) is 5.97. The fourth-order valence-corrected chi connectivity index (χ4v) is 1.02. The molecular formula is C12H22N2. The molecule has 80 valence electrons. The van der Waals surface area contributed by atoms with Gasteiger partial charge in [0.1, 0.15) is 0 Å². The molecule has 0 aromatic rings. The predicted octanol–water partition coefficient (Wildman–Crippen LogP) is 2.16. The third kappa shape index (κ3) is 6.49. The standard InChI is InChI=1S/C12H22N2/c1-10(6-7-12(3)13)11(2)8-9-14(4)5/h6-7,11H,1,3,8-9,13H2,2,4-5H3/b7-6-. The lowest BCUT2D eigenvalue weighted by Gasteiger charge is -2.15. The molecule has 0 rings (SSSR count). The molecule has 0 saturated carbocycles. The van der Waals surface area contributed by atoms with Crippen molar-refractivity contribution in [2.24, 2.45) is 11.7 Å². The van der Waals surface area contributed by atoms with Crippen LogP contribution in [0.1, 0.15) is 13.3 Å². The summed E-state index contributed by atoms with van der Waals surface area (Å²) >= 11 is 0. The molecule has 0 aromatic carbocycles. The van der Waals surface area contributed by atoms with E-state index in [0.29, 0.717) is 11.6 Å². The van der Waals surface area contributed by atoms with Crippen LogP contribution in [-0.4, -0.2) is 25.5 Å². The number of nitrogens with zero attached hydrogens (tertiary/aromatic N) is 1. The van der Waals surface area contributed by atoms with Crippen LogP contribution >= 0.6 is 0 Å². The maximum Gasteiger partial charge on any atom is 0.0241 e. The summed E-state index contributed by atoms with van der Waals surface area (Å²) in [6.45, 7) is 10.9. The van der Waals surface area contributed by atoms with Crippen molar-refractivity contribution in [3.63, 3.8) is 0 Å². The summed E-state index contributed by atoms with van der Waals surface area (Å²) in [7, 11) is 4.15. The van der Waals surface area contributed by atoms with E-state index in [4.69, 9.17) is 5.73 Å². The first-order valence-corrected chi connectivity index (χ1v) is 4.89. The Morgan fingerprint density at radius 3 is 2.36 bits per heavy atom. The Balaban J connectivity index is 3.93. The number of rotatable bonds is 6. The zero-order valence-electron chi connectivity index (χ0n) is 9.59. The molecule has 2 nitrogen and oxygen atoms in total. The second-order valence-corrected chi connectivity index (χ2v) is 3.98. The molecule has 2 heteroatoms. The van der Waals surface area contributed by atoms with Crippen LogP contribution in [0.2, 0.25) is 0 Å². The highest BCUT2D eigenvalue weighted by Gasteiger charge is 2.04. The molecule has 0 radical (unpaired) electrons. The van der Waals surface area contributed by atoms with E-state index in [-0.39, 0.29) is 0 Å². The van der Waals surface area contributed by atoms with Gasteiger partial charge < -0.3 is 10.6 Å². The molecule has 0 spiro atoms. The second-order valence-electron chi connectivity index (χ2n) is 3.98. The molecule has 0 fully saturated rings. The first-order chi connectivity index (χ1) is 6.43. The van der Waals surface area contributed by atoms with Gasteiger partial charge in [0, 0.05) is 5.70 Å². The Morgan fingerprint density at radius 2 is 1.93 bits per heavy atom. The van der Waals surface area contributed by atoms with Crippen molar-refractivity contribution in [2.45, 2.75) is 13.3 Å². The van der Waals surface area contributed by atoms with Gasteiger partial charge in [0.15, 0.2) is 0 Å². The fourth-order valence-electron chi connectivity index (χ4n) is 1.02. The van der Waals surface area contributed by atoms with E-state index in [1.807, 2.05) is 6.08 Å². The molecule has 14 heavy (non-hydrogen) atoms. The van der Waals surface area contributed by atoms with E-state index >= 15 is 0 Å². The van der Waals surface area contributed by atoms with Crippen molar-refractivity contribution < 1.29 is 0 Å². The lowest BCUT2D eigenvalue weighted by atomic mass is 9.98. The van der Waals surface area contributed by atoms with Gasteiger partial charge in [0.25, 0.3) is 0 Å². The highest BCUT2D eigenvalue weighted by molar-refractivity contribution is 5.23. The van der Waals surface area contributed by atoms with Crippen molar-refractivity contribution in [1.29, 1.82) is 0 Å². The minimum absolute atomic E-state index is 0.494. The highest BCUT2D eigenvalue weighted by Crippen LogP contribution is 2.14. The molecular weight excluding hydrogens is 172 g/mol. The smallest absolute Gasteiger partial charge is 0.0241 e. The van der Waals surface area contributed by atoms with Gasteiger partial charge in [0.2, 0.25) is 0 Å². The summed E-state index contributed by atoms with van der Waals surface area (Å²) < 4.78 is 0. The quantitative estimate of drug-likeness (QED) is 0.657. The van der Waals surface area contributed by atoms with Crippen molar-refractivity contribution in [2.75, 3.05) is 20.6 Å². The van der Waals surface area contributed by atoms with Crippen LogP contribution in [0.5, 0.6) is 0 Å². The van der Waals surface area contributed by atoms with Gasteiger partial charge >= 0.3 is 0 Å². The molecule has 0 heterocycles. The van der Waals surface area contributed by atoms with Crippen LogP contribution in [0.3, 0.4) is 0 Å². The van der Waals surface area contributed by atoms with E-state index < -0.39 is 0 Å². The van der Waals surface area contributed by atoms with Gasteiger partial charge in [-0.2, -0.15) is 0 Å². The predicted molar refractivity (Wildman–Crippen MR) is 63.9 cm³/mol. The average Bonchev–Trinajstić information content (AvgIpc) is 2.09. The molecule has 1 unspecified atom stereocenters. The molecule has 0 amide bonds. The maximum absolute atomic E-state index is 5.43. The van der Waals surface area contributed by atoms with Crippen LogP contribution < -0.4 is 5.73 Å². The Labute approximate surface area is 87.8 Å². The number of hydrogen-bond donors (Lipinski definition) is 1. The molecule has 0 bridgehead atoms. The average molecular weight is 194 g/mol. The van der Waals surface area contributed by atoms with Crippen LogP contribution in [0.25, 0.3) is 0 Å². The van der Waals surface area contributed by atoms with Crippen LogP contribution in [0.4, 0.5) is 0 Å². The van der Waals surface area contributed by atoms with E-state index in [1.165, 1.54) is 0 Å². The van der Waals surface area contributed by atoms with E-state index in [9.17, 15) is 0 Å². The van der Waals surface area contributed by atoms with Crippen LogP contribution in [-0.2, 0) is 0 Å². The molecule has 0 saturated heterocycles. The van der Waals surface area contributed by atoms with Gasteiger partial charge in [-0.15, -0.1) is 0 Å². The third-order valence-electron chi connectivity index (χ3n) is 2.15. The Hall–Kier alpha value is -1.02. The Morgan fingerprint density at radius 1 is 1.36 bits per heavy atom. The molecule has 2 N–H and O–H groups in total. The second kappa shape index (κ2) is 6.44. The zero-order valence-corrected chi connectivity index (χ0v) is 9.59. The summed E-state index contributed by atoms with van der Waals surface area (Å²) in [6.07, 6.45) is 4.87. The minimum Gasteiger partial charge on any atom is -0.399 e. The summed E-state index contributed by atoms with van der Waals surface area (Å²) in [4.78, 5) is 2.18. The third-order valence-corrected chi connectivity index (χ3v) is 2.15. The van der Waals surface area contributed by atoms with Gasteiger partial charge in [0.05, 0.1) is 0 Å². The lowest BCUT2D eigenvalue weighted by molar-refractivity contribution is 0.377. The topological polar surface area (TPSA) is 29.3 Å². The van der Waals surface area contributed by atoms with E-state index in [1.54, 1.807) is 6.08 Å². The first-order valence-electron chi connectivity index (χ1n) is 4.89. The van der Waals surface area contributed by atoms with E-state index in [0.717, 1.165) is 18.5 Å². The maximum atomic E-state index is 5.43. The molecule has 0 aliphatic heterocycles. The van der Waals surface area contributed by atoms with Crippen LogP contribution in [0.15, 0.2) is 36.6 Å². The number of hydrogen-bond acceptors (Lipinski definition) is 2. The number of allylic oxidation sites excluding steroid dienone is 3. The van der Waals surface area contributed by atoms with Crippen molar-refractivity contribution in [3.8, 4) is 0 Å². The van der Waals surface area contributed by atoms with Crippen molar-refractivity contribution >= 4 is 0 Å². The summed E-state index contributed by atoms with van der Waals surface area (Å²) in [5.41, 5.74) is 7.12. The zero-order chi connectivity index (χ0) is 11.1. The fraction of sp³-hybridized carbons (Fsp3) is 0.500. The summed E-state index contributed by atoms with van der Waals surface area (Å²) in [5, 5.41) is 0. The highest BCUT2D eigenvalue weighted by atomic mass is 15.0. The Bertz CT molecular complexity index is 226. The lowest BCUT2D eigenvalue weighted by Crippen LogP contribution is -2.15. The SMILES string of the molecule is C=C(N)/C=C\C(=C)C(C)CCN(C)C. The van der Waals surface area contributed by atoms with Gasteiger partial charge in [-0.1, -0.05) is 31.7 Å².